The van der Waals surface area contributed by atoms with E-state index in [4.69, 9.17) is 23.0 Å². The van der Waals surface area contributed by atoms with E-state index >= 15 is 0 Å². The van der Waals surface area contributed by atoms with Gasteiger partial charge in [-0.1, -0.05) is 30.9 Å². The summed E-state index contributed by atoms with van der Waals surface area (Å²) in [4.78, 5) is 22.9. The molecule has 0 unspecified atom stereocenters. The molecule has 1 aromatic rings. The minimum atomic E-state index is -4.11. The normalized spacial score (nSPS) is 11.0. The second-order valence-electron chi connectivity index (χ2n) is 6.77. The maximum atomic E-state index is 13.1. The molecule has 0 heterocycles. The van der Waals surface area contributed by atoms with E-state index in [0.29, 0.717) is 5.75 Å². The molecule has 0 atom stereocenters. The van der Waals surface area contributed by atoms with Gasteiger partial charge in [0.05, 0.1) is 13.2 Å². The molecule has 9 heteroatoms. The smallest absolute Gasteiger partial charge is 0.460 e. The van der Waals surface area contributed by atoms with Crippen molar-refractivity contribution in [3.05, 3.63) is 53.1 Å². The maximum Gasteiger partial charge on any atom is 0.530 e. The van der Waals surface area contributed by atoms with Gasteiger partial charge in [-0.25, -0.2) is 14.2 Å². The zero-order valence-electron chi connectivity index (χ0n) is 18.1. The third-order valence-electron chi connectivity index (χ3n) is 3.64. The first-order valence-corrected chi connectivity index (χ1v) is 10.7. The summed E-state index contributed by atoms with van der Waals surface area (Å²) in [5.41, 5.74) is 2.99. The Balaban J connectivity index is 2.83. The van der Waals surface area contributed by atoms with Gasteiger partial charge in [-0.05, 0) is 45.7 Å². The van der Waals surface area contributed by atoms with Crippen molar-refractivity contribution < 1.29 is 37.2 Å². The van der Waals surface area contributed by atoms with Gasteiger partial charge in [0.1, 0.15) is 19.0 Å². The third kappa shape index (κ3) is 8.53. The van der Waals surface area contributed by atoms with Gasteiger partial charge in [-0.3, -0.25) is 9.05 Å². The molecule has 0 spiro atoms. The average Bonchev–Trinajstić information content (AvgIpc) is 2.65. The Hall–Kier alpha value is -2.41. The highest BCUT2D eigenvalue weighted by molar-refractivity contribution is 7.48. The zero-order valence-corrected chi connectivity index (χ0v) is 19.0. The largest absolute Gasteiger partial charge is 0.530 e. The summed E-state index contributed by atoms with van der Waals surface area (Å²) in [6, 6.07) is 3.74. The zero-order chi connectivity index (χ0) is 22.9. The molecule has 0 aliphatic carbocycles. The maximum absolute atomic E-state index is 13.1. The summed E-state index contributed by atoms with van der Waals surface area (Å²) >= 11 is 0. The van der Waals surface area contributed by atoms with Crippen molar-refractivity contribution in [3.8, 4) is 5.75 Å². The number of aryl methyl sites for hydroxylation is 3. The van der Waals surface area contributed by atoms with Crippen molar-refractivity contribution in [2.24, 2.45) is 0 Å². The Bertz CT molecular complexity index is 798. The summed E-state index contributed by atoms with van der Waals surface area (Å²) in [5.74, 6) is -0.818. The Morgan fingerprint density at radius 1 is 0.833 bits per heavy atom. The number of hydrogen-bond acceptors (Lipinski definition) is 8. The first kappa shape index (κ1) is 25.6. The van der Waals surface area contributed by atoms with Crippen LogP contribution >= 0.6 is 7.82 Å². The van der Waals surface area contributed by atoms with E-state index in [0.717, 1.165) is 16.7 Å². The fraction of sp³-hybridized carbons (Fsp3) is 0.429. The van der Waals surface area contributed by atoms with Gasteiger partial charge in [0.25, 0.3) is 0 Å². The van der Waals surface area contributed by atoms with Gasteiger partial charge < -0.3 is 14.0 Å². The van der Waals surface area contributed by atoms with Crippen molar-refractivity contribution in [1.82, 2.24) is 0 Å². The van der Waals surface area contributed by atoms with Crippen LogP contribution in [0.5, 0.6) is 5.75 Å². The lowest BCUT2D eigenvalue weighted by atomic mass is 10.1. The van der Waals surface area contributed by atoms with Crippen LogP contribution in [-0.4, -0.2) is 38.4 Å². The number of ether oxygens (including phenoxy) is 2. The topological polar surface area (TPSA) is 97.4 Å². The van der Waals surface area contributed by atoms with E-state index < -0.39 is 19.8 Å². The quantitative estimate of drug-likeness (QED) is 0.205. The van der Waals surface area contributed by atoms with Crippen LogP contribution in [0.15, 0.2) is 36.4 Å². The highest BCUT2D eigenvalue weighted by atomic mass is 31.2. The van der Waals surface area contributed by atoms with Gasteiger partial charge in [0.2, 0.25) is 0 Å². The molecule has 30 heavy (non-hydrogen) atoms. The second-order valence-corrected chi connectivity index (χ2v) is 8.36. The van der Waals surface area contributed by atoms with Gasteiger partial charge in [-0.15, -0.1) is 0 Å². The van der Waals surface area contributed by atoms with E-state index in [2.05, 4.69) is 13.2 Å². The lowest BCUT2D eigenvalue weighted by Crippen LogP contribution is -2.15. The molecule has 0 aromatic heterocycles. The van der Waals surface area contributed by atoms with E-state index in [9.17, 15) is 14.2 Å². The average molecular weight is 440 g/mol. The Morgan fingerprint density at radius 2 is 1.23 bits per heavy atom. The highest BCUT2D eigenvalue weighted by Crippen LogP contribution is 2.50. The van der Waals surface area contributed by atoms with Crippen molar-refractivity contribution in [1.29, 1.82) is 0 Å². The predicted octanol–water partition coefficient (Wildman–Crippen LogP) is 4.37. The minimum absolute atomic E-state index is 0.168. The molecule has 0 saturated carbocycles. The lowest BCUT2D eigenvalue weighted by Gasteiger charge is -2.21. The number of rotatable bonds is 12. The highest BCUT2D eigenvalue weighted by Gasteiger charge is 2.30. The van der Waals surface area contributed by atoms with Crippen LogP contribution in [-0.2, 0) is 32.7 Å². The number of carbonyl (C=O) groups is 2. The van der Waals surface area contributed by atoms with Crippen molar-refractivity contribution in [2.45, 2.75) is 34.6 Å². The molecule has 0 aliphatic rings. The van der Waals surface area contributed by atoms with Crippen LogP contribution < -0.4 is 4.52 Å². The number of carbonyl (C=O) groups excluding carboxylic acids is 2. The number of hydrogen-bond donors (Lipinski definition) is 0. The van der Waals surface area contributed by atoms with Crippen LogP contribution in [0.4, 0.5) is 0 Å². The Morgan fingerprint density at radius 3 is 1.60 bits per heavy atom. The molecule has 0 radical (unpaired) electrons. The van der Waals surface area contributed by atoms with E-state index in [1.54, 1.807) is 0 Å². The molecular formula is C21H29O8P. The van der Waals surface area contributed by atoms with E-state index in [1.807, 2.05) is 32.9 Å². The first-order chi connectivity index (χ1) is 13.9. The summed E-state index contributed by atoms with van der Waals surface area (Å²) in [7, 11) is -4.11. The molecular weight excluding hydrogens is 411 g/mol. The van der Waals surface area contributed by atoms with Crippen LogP contribution in [0.2, 0.25) is 0 Å². The second kappa shape index (κ2) is 11.7. The fourth-order valence-corrected chi connectivity index (χ4v) is 3.61. The molecule has 0 aliphatic heterocycles. The molecule has 0 saturated heterocycles. The molecule has 1 rings (SSSR count). The van der Waals surface area contributed by atoms with Crippen molar-refractivity contribution >= 4 is 19.8 Å². The number of benzene rings is 1. The number of esters is 2. The summed E-state index contributed by atoms with van der Waals surface area (Å²) in [6.07, 6.45) is 0. The monoisotopic (exact) mass is 440 g/mol. The summed E-state index contributed by atoms with van der Waals surface area (Å²) < 4.78 is 39.2. The van der Waals surface area contributed by atoms with E-state index in [1.165, 1.54) is 13.8 Å². The first-order valence-electron chi connectivity index (χ1n) is 9.27. The molecule has 0 amide bonds. The van der Waals surface area contributed by atoms with Crippen LogP contribution in [0.25, 0.3) is 0 Å². The van der Waals surface area contributed by atoms with Crippen molar-refractivity contribution in [3.63, 3.8) is 0 Å². The molecule has 0 bridgehead atoms. The van der Waals surface area contributed by atoms with Gasteiger partial charge >= 0.3 is 19.8 Å². The summed E-state index contributed by atoms with van der Waals surface area (Å²) in [6.45, 7) is 14.7. The lowest BCUT2D eigenvalue weighted by molar-refractivity contribution is -0.140. The molecule has 0 fully saturated rings. The Kier molecular flexibility index (Phi) is 9.99. The molecule has 8 nitrogen and oxygen atoms in total. The van der Waals surface area contributed by atoms with E-state index in [-0.39, 0.29) is 37.6 Å². The van der Waals surface area contributed by atoms with Crippen LogP contribution in [0, 0.1) is 20.8 Å². The minimum Gasteiger partial charge on any atom is -0.460 e. The number of phosphoric ester groups is 1. The molecule has 166 valence electrons. The number of phosphoric acid groups is 1. The SMILES string of the molecule is C=C(C)C(=O)OCCOP(=O)(OCCOC(=O)C(=C)C)Oc1c(C)cc(C)cc1C. The van der Waals surface area contributed by atoms with Gasteiger partial charge in [-0.2, -0.15) is 0 Å². The molecule has 1 aromatic carbocycles. The fourth-order valence-electron chi connectivity index (χ4n) is 2.33. The van der Waals surface area contributed by atoms with Crippen LogP contribution in [0.3, 0.4) is 0 Å². The molecule has 0 N–H and O–H groups in total. The third-order valence-corrected chi connectivity index (χ3v) is 5.04. The Labute approximate surface area is 177 Å². The predicted molar refractivity (Wildman–Crippen MR) is 112 cm³/mol. The standard InChI is InChI=1S/C21H29O8P/c1-14(2)20(22)25-8-10-27-30(24,28-11-9-26-21(23)15(3)4)29-19-17(6)12-16(5)13-18(19)7/h12-13H,1,3,8-11H2,2,4-7H3. The van der Waals surface area contributed by atoms with Gasteiger partial charge in [0, 0.05) is 11.1 Å². The van der Waals surface area contributed by atoms with Gasteiger partial charge in [0.15, 0.2) is 0 Å². The van der Waals surface area contributed by atoms with Crippen molar-refractivity contribution in [2.75, 3.05) is 26.4 Å². The van der Waals surface area contributed by atoms with Crippen LogP contribution in [0.1, 0.15) is 30.5 Å². The summed E-state index contributed by atoms with van der Waals surface area (Å²) in [5, 5.41) is 0.